The van der Waals surface area contributed by atoms with Crippen molar-refractivity contribution < 1.29 is 9.59 Å². The first-order chi connectivity index (χ1) is 8.16. The van der Waals surface area contributed by atoms with Crippen LogP contribution in [0.2, 0.25) is 0 Å². The number of hydrogen-bond donors (Lipinski definition) is 2. The fourth-order valence-corrected chi connectivity index (χ4v) is 1.91. The zero-order chi connectivity index (χ0) is 12.3. The monoisotopic (exact) mass is 232 g/mol. The molecule has 1 aromatic rings. The number of hydrogen-bond acceptors (Lipinski definition) is 3. The molecule has 1 aliphatic rings. The lowest BCUT2D eigenvalue weighted by molar-refractivity contribution is -0.119. The van der Waals surface area contributed by atoms with Gasteiger partial charge < -0.3 is 10.6 Å². The van der Waals surface area contributed by atoms with E-state index >= 15 is 0 Å². The Morgan fingerprint density at radius 3 is 2.53 bits per heavy atom. The maximum atomic E-state index is 11.8. The van der Waals surface area contributed by atoms with Crippen LogP contribution in [0.4, 0.5) is 5.69 Å². The lowest BCUT2D eigenvalue weighted by Crippen LogP contribution is -2.24. The molecule has 17 heavy (non-hydrogen) atoms. The summed E-state index contributed by atoms with van der Waals surface area (Å²) in [6.45, 7) is 3.18. The molecule has 1 heterocycles. The molecule has 1 aliphatic heterocycles. The van der Waals surface area contributed by atoms with Gasteiger partial charge in [-0.15, -0.1) is 0 Å². The van der Waals surface area contributed by atoms with Crippen LogP contribution in [0.25, 0.3) is 0 Å². The molecule has 1 unspecified atom stereocenters. The van der Waals surface area contributed by atoms with Crippen LogP contribution >= 0.6 is 0 Å². The van der Waals surface area contributed by atoms with E-state index in [1.54, 1.807) is 24.3 Å². The van der Waals surface area contributed by atoms with Gasteiger partial charge in [-0.2, -0.15) is 0 Å². The quantitative estimate of drug-likeness (QED) is 0.775. The van der Waals surface area contributed by atoms with Crippen molar-refractivity contribution in [3.63, 3.8) is 0 Å². The lowest BCUT2D eigenvalue weighted by Gasteiger charge is -2.09. The van der Waals surface area contributed by atoms with Crippen molar-refractivity contribution >= 4 is 17.4 Å². The fraction of sp³-hybridized carbons (Fsp3) is 0.385. The maximum Gasteiger partial charge on any atom is 0.228 e. The highest BCUT2D eigenvalue weighted by molar-refractivity contribution is 5.96. The van der Waals surface area contributed by atoms with Gasteiger partial charge in [0.1, 0.15) is 0 Å². The number of rotatable bonds is 3. The second-order valence-corrected chi connectivity index (χ2v) is 4.31. The van der Waals surface area contributed by atoms with E-state index in [1.807, 2.05) is 0 Å². The van der Waals surface area contributed by atoms with Crippen molar-refractivity contribution in [1.29, 1.82) is 0 Å². The number of amides is 1. The van der Waals surface area contributed by atoms with E-state index < -0.39 is 0 Å². The zero-order valence-electron chi connectivity index (χ0n) is 9.82. The molecule has 0 saturated carbocycles. The topological polar surface area (TPSA) is 58.2 Å². The third kappa shape index (κ3) is 2.91. The maximum absolute atomic E-state index is 11.8. The van der Waals surface area contributed by atoms with E-state index in [9.17, 15) is 9.59 Å². The highest BCUT2D eigenvalue weighted by Gasteiger charge is 2.22. The molecule has 1 fully saturated rings. The molecule has 1 amide bonds. The van der Waals surface area contributed by atoms with E-state index in [-0.39, 0.29) is 17.6 Å². The fourth-order valence-electron chi connectivity index (χ4n) is 1.91. The predicted octanol–water partition coefficient (Wildman–Crippen LogP) is 1.44. The molecule has 4 heteroatoms. The molecule has 0 radical (unpaired) electrons. The molecule has 1 aromatic carbocycles. The zero-order valence-corrected chi connectivity index (χ0v) is 9.82. The Morgan fingerprint density at radius 2 is 2.00 bits per heavy atom. The van der Waals surface area contributed by atoms with Gasteiger partial charge in [-0.25, -0.2) is 0 Å². The van der Waals surface area contributed by atoms with Crippen LogP contribution in [0, 0.1) is 5.92 Å². The standard InChI is InChI=1S/C13H16N2O2/c1-9(16)10-2-4-12(5-3-10)15-13(17)11-6-7-14-8-11/h2-5,11,14H,6-8H2,1H3,(H,15,17). The molecule has 1 atom stereocenters. The summed E-state index contributed by atoms with van der Waals surface area (Å²) in [7, 11) is 0. The van der Waals surface area contributed by atoms with E-state index in [2.05, 4.69) is 10.6 Å². The van der Waals surface area contributed by atoms with Crippen LogP contribution in [-0.4, -0.2) is 24.8 Å². The Balaban J connectivity index is 1.98. The molecule has 4 nitrogen and oxygen atoms in total. The van der Waals surface area contributed by atoms with Crippen molar-refractivity contribution in [2.45, 2.75) is 13.3 Å². The molecular weight excluding hydrogens is 216 g/mol. The van der Waals surface area contributed by atoms with Crippen LogP contribution in [-0.2, 0) is 4.79 Å². The minimum atomic E-state index is 0.0304. The molecule has 2 N–H and O–H groups in total. The Bertz CT molecular complexity index is 420. The van der Waals surface area contributed by atoms with Gasteiger partial charge in [0.25, 0.3) is 0 Å². The van der Waals surface area contributed by atoms with E-state index in [0.29, 0.717) is 5.56 Å². The Kier molecular flexibility index (Phi) is 3.54. The molecule has 2 rings (SSSR count). The van der Waals surface area contributed by atoms with Crippen molar-refractivity contribution in [2.75, 3.05) is 18.4 Å². The minimum Gasteiger partial charge on any atom is -0.326 e. The summed E-state index contributed by atoms with van der Waals surface area (Å²) in [5, 5.41) is 6.02. The lowest BCUT2D eigenvalue weighted by atomic mass is 10.1. The van der Waals surface area contributed by atoms with Crippen molar-refractivity contribution in [3.05, 3.63) is 29.8 Å². The van der Waals surface area contributed by atoms with Crippen molar-refractivity contribution in [1.82, 2.24) is 5.32 Å². The summed E-state index contributed by atoms with van der Waals surface area (Å²) >= 11 is 0. The van der Waals surface area contributed by atoms with Gasteiger partial charge in [0.2, 0.25) is 5.91 Å². The van der Waals surface area contributed by atoms with Gasteiger partial charge in [0.15, 0.2) is 5.78 Å². The second-order valence-electron chi connectivity index (χ2n) is 4.31. The average molecular weight is 232 g/mol. The van der Waals surface area contributed by atoms with E-state index in [0.717, 1.165) is 25.2 Å². The Labute approximate surface area is 100 Å². The van der Waals surface area contributed by atoms with Crippen molar-refractivity contribution in [2.24, 2.45) is 5.92 Å². The van der Waals surface area contributed by atoms with Gasteiger partial charge >= 0.3 is 0 Å². The van der Waals surface area contributed by atoms with Crippen molar-refractivity contribution in [3.8, 4) is 0 Å². The van der Waals surface area contributed by atoms with E-state index in [1.165, 1.54) is 6.92 Å². The highest BCUT2D eigenvalue weighted by atomic mass is 16.2. The first kappa shape index (κ1) is 11.8. The normalized spacial score (nSPS) is 19.0. The third-order valence-electron chi connectivity index (χ3n) is 2.99. The number of carbonyl (C=O) groups is 2. The molecule has 90 valence electrons. The minimum absolute atomic E-state index is 0.0304. The first-order valence-corrected chi connectivity index (χ1v) is 5.79. The first-order valence-electron chi connectivity index (χ1n) is 5.79. The summed E-state index contributed by atoms with van der Waals surface area (Å²) in [4.78, 5) is 22.9. The smallest absolute Gasteiger partial charge is 0.228 e. The predicted molar refractivity (Wildman–Crippen MR) is 66.1 cm³/mol. The van der Waals surface area contributed by atoms with Crippen LogP contribution in [0.1, 0.15) is 23.7 Å². The molecule has 0 bridgehead atoms. The number of benzene rings is 1. The summed E-state index contributed by atoms with van der Waals surface area (Å²) in [6.07, 6.45) is 0.886. The second kappa shape index (κ2) is 5.10. The number of carbonyl (C=O) groups excluding carboxylic acids is 2. The van der Waals surface area contributed by atoms with Crippen LogP contribution in [0.5, 0.6) is 0 Å². The van der Waals surface area contributed by atoms with Crippen LogP contribution in [0.3, 0.4) is 0 Å². The average Bonchev–Trinajstić information content (AvgIpc) is 2.83. The number of nitrogens with one attached hydrogen (secondary N) is 2. The summed E-state index contributed by atoms with van der Waals surface area (Å²) in [5.74, 6) is 0.135. The van der Waals surface area contributed by atoms with E-state index in [4.69, 9.17) is 0 Å². The number of ketones is 1. The van der Waals surface area contributed by atoms with Gasteiger partial charge in [-0.3, -0.25) is 9.59 Å². The Morgan fingerprint density at radius 1 is 1.29 bits per heavy atom. The number of Topliss-reactive ketones (excluding diaryl/α,β-unsaturated/α-hetero) is 1. The SMILES string of the molecule is CC(=O)c1ccc(NC(=O)C2CCNC2)cc1. The summed E-state index contributed by atoms with van der Waals surface area (Å²) < 4.78 is 0. The van der Waals surface area contributed by atoms with Gasteiger partial charge in [-0.05, 0) is 44.2 Å². The number of anilines is 1. The summed E-state index contributed by atoms with van der Waals surface area (Å²) in [6, 6.07) is 6.98. The molecule has 0 spiro atoms. The van der Waals surface area contributed by atoms with Crippen LogP contribution in [0.15, 0.2) is 24.3 Å². The van der Waals surface area contributed by atoms with Gasteiger partial charge in [0, 0.05) is 17.8 Å². The van der Waals surface area contributed by atoms with Crippen LogP contribution < -0.4 is 10.6 Å². The molecular formula is C13H16N2O2. The molecule has 0 aliphatic carbocycles. The van der Waals surface area contributed by atoms with Gasteiger partial charge in [-0.1, -0.05) is 0 Å². The third-order valence-corrected chi connectivity index (χ3v) is 2.99. The Hall–Kier alpha value is -1.68. The highest BCUT2D eigenvalue weighted by Crippen LogP contribution is 2.14. The summed E-state index contributed by atoms with van der Waals surface area (Å²) in [5.41, 5.74) is 1.40. The largest absolute Gasteiger partial charge is 0.326 e. The molecule has 1 saturated heterocycles. The molecule has 0 aromatic heterocycles. The van der Waals surface area contributed by atoms with Gasteiger partial charge in [0.05, 0.1) is 5.92 Å².